The fourth-order valence-corrected chi connectivity index (χ4v) is 4.04. The minimum atomic E-state index is -3.18. The molecule has 0 spiro atoms. The molecule has 1 aromatic heterocycles. The van der Waals surface area contributed by atoms with Crippen molar-refractivity contribution >= 4 is 21.5 Å². The van der Waals surface area contributed by atoms with Crippen LogP contribution in [0.25, 0.3) is 11.4 Å². The molecule has 2 aromatic rings. The number of hydrogen-bond acceptors (Lipinski definition) is 7. The van der Waals surface area contributed by atoms with E-state index in [0.29, 0.717) is 37.6 Å². The highest BCUT2D eigenvalue weighted by Gasteiger charge is 2.26. The van der Waals surface area contributed by atoms with Crippen LogP contribution in [0.3, 0.4) is 0 Å². The minimum absolute atomic E-state index is 0.0138. The first-order valence-corrected chi connectivity index (χ1v) is 10.2. The van der Waals surface area contributed by atoms with E-state index >= 15 is 0 Å². The lowest BCUT2D eigenvalue weighted by atomic mass is 10.2. The first kappa shape index (κ1) is 19.2. The zero-order valence-electron chi connectivity index (χ0n) is 15.2. The van der Waals surface area contributed by atoms with Crippen LogP contribution in [0.15, 0.2) is 30.3 Å². The highest BCUT2D eigenvalue weighted by Crippen LogP contribution is 2.23. The summed E-state index contributed by atoms with van der Waals surface area (Å²) in [6, 6.07) is 7.97. The normalized spacial score (nSPS) is 15.7. The number of nitrogens with zero attached hydrogens (tertiary/aromatic N) is 5. The summed E-state index contributed by atoms with van der Waals surface area (Å²) in [5, 5.41) is 10.8. The van der Waals surface area contributed by atoms with Gasteiger partial charge in [0.1, 0.15) is 5.82 Å². The van der Waals surface area contributed by atoms with E-state index in [9.17, 15) is 18.5 Å². The Morgan fingerprint density at radius 1 is 1.11 bits per heavy atom. The molecule has 10 heteroatoms. The molecule has 0 atom stereocenters. The van der Waals surface area contributed by atoms with Crippen LogP contribution in [-0.2, 0) is 10.0 Å². The van der Waals surface area contributed by atoms with Crippen LogP contribution in [0, 0.1) is 17.0 Å². The SMILES string of the molecule is CCS(=O)(=O)N1CCN(c2cc(C)nc(-c3ccc([N+](=O)[O-])cc3)n2)CC1. The van der Waals surface area contributed by atoms with Crippen LogP contribution in [-0.4, -0.2) is 59.5 Å². The summed E-state index contributed by atoms with van der Waals surface area (Å²) in [6.45, 7) is 5.45. The van der Waals surface area contributed by atoms with E-state index in [-0.39, 0.29) is 11.4 Å². The second kappa shape index (κ2) is 7.57. The standard InChI is InChI=1S/C17H21N5O4S/c1-3-27(25,26)21-10-8-20(9-11-21)16-12-13(2)18-17(19-16)14-4-6-15(7-5-14)22(23)24/h4-7,12H,3,8-11H2,1-2H3. The number of aromatic nitrogens is 2. The maximum absolute atomic E-state index is 12.0. The molecule has 1 aliphatic heterocycles. The van der Waals surface area contributed by atoms with Crippen LogP contribution in [0.5, 0.6) is 0 Å². The molecule has 0 unspecified atom stereocenters. The first-order valence-electron chi connectivity index (χ1n) is 8.63. The zero-order valence-corrected chi connectivity index (χ0v) is 16.0. The third-order valence-electron chi connectivity index (χ3n) is 4.50. The van der Waals surface area contributed by atoms with Crippen molar-refractivity contribution in [2.24, 2.45) is 0 Å². The third-order valence-corrected chi connectivity index (χ3v) is 6.38. The van der Waals surface area contributed by atoms with E-state index in [1.807, 2.05) is 17.9 Å². The molecule has 2 heterocycles. The molecule has 9 nitrogen and oxygen atoms in total. The van der Waals surface area contributed by atoms with Gasteiger partial charge in [-0.05, 0) is 26.0 Å². The van der Waals surface area contributed by atoms with Crippen LogP contribution < -0.4 is 4.90 Å². The Hall–Kier alpha value is -2.59. The van der Waals surface area contributed by atoms with Gasteiger partial charge >= 0.3 is 0 Å². The van der Waals surface area contributed by atoms with Crippen molar-refractivity contribution in [1.82, 2.24) is 14.3 Å². The molecule has 0 amide bonds. The van der Waals surface area contributed by atoms with Crippen molar-refractivity contribution in [3.05, 3.63) is 46.1 Å². The highest BCUT2D eigenvalue weighted by molar-refractivity contribution is 7.89. The molecule has 0 bridgehead atoms. The Kier molecular flexibility index (Phi) is 5.38. The Labute approximate surface area is 157 Å². The molecule has 1 fully saturated rings. The van der Waals surface area contributed by atoms with E-state index in [0.717, 1.165) is 11.5 Å². The van der Waals surface area contributed by atoms with Gasteiger partial charge in [-0.1, -0.05) is 0 Å². The van der Waals surface area contributed by atoms with E-state index < -0.39 is 14.9 Å². The lowest BCUT2D eigenvalue weighted by molar-refractivity contribution is -0.384. The topological polar surface area (TPSA) is 110 Å². The summed E-state index contributed by atoms with van der Waals surface area (Å²) in [4.78, 5) is 21.4. The Morgan fingerprint density at radius 3 is 2.30 bits per heavy atom. The largest absolute Gasteiger partial charge is 0.354 e. The van der Waals surface area contributed by atoms with Gasteiger partial charge in [-0.2, -0.15) is 4.31 Å². The number of benzene rings is 1. The molecular formula is C17H21N5O4S. The van der Waals surface area contributed by atoms with Crippen molar-refractivity contribution in [3.63, 3.8) is 0 Å². The van der Waals surface area contributed by atoms with E-state index in [1.54, 1.807) is 19.1 Å². The third kappa shape index (κ3) is 4.22. The molecule has 27 heavy (non-hydrogen) atoms. The average molecular weight is 391 g/mol. The van der Waals surface area contributed by atoms with Crippen LogP contribution in [0.2, 0.25) is 0 Å². The zero-order chi connectivity index (χ0) is 19.6. The molecule has 3 rings (SSSR count). The van der Waals surface area contributed by atoms with Gasteiger partial charge in [-0.3, -0.25) is 10.1 Å². The summed E-state index contributed by atoms with van der Waals surface area (Å²) in [7, 11) is -3.18. The molecule has 144 valence electrons. The number of anilines is 1. The lowest BCUT2D eigenvalue weighted by Gasteiger charge is -2.34. The molecule has 1 aliphatic rings. The van der Waals surface area contributed by atoms with E-state index in [1.165, 1.54) is 16.4 Å². The second-order valence-electron chi connectivity index (χ2n) is 6.28. The fraction of sp³-hybridized carbons (Fsp3) is 0.412. The summed E-state index contributed by atoms with van der Waals surface area (Å²) in [6.07, 6.45) is 0. The molecule has 0 aliphatic carbocycles. The smallest absolute Gasteiger partial charge is 0.269 e. The fourth-order valence-electron chi connectivity index (χ4n) is 2.95. The Bertz CT molecular complexity index is 938. The first-order chi connectivity index (χ1) is 12.8. The quantitative estimate of drug-likeness (QED) is 0.565. The van der Waals surface area contributed by atoms with Crippen molar-refractivity contribution in [2.75, 3.05) is 36.8 Å². The predicted molar refractivity (Wildman–Crippen MR) is 102 cm³/mol. The second-order valence-corrected chi connectivity index (χ2v) is 8.54. The number of rotatable bonds is 5. The van der Waals surface area contributed by atoms with Gasteiger partial charge in [0, 0.05) is 55.6 Å². The van der Waals surface area contributed by atoms with E-state index in [4.69, 9.17) is 0 Å². The Balaban J connectivity index is 1.81. The maximum Gasteiger partial charge on any atom is 0.269 e. The molecular weight excluding hydrogens is 370 g/mol. The van der Waals surface area contributed by atoms with Gasteiger partial charge in [0.05, 0.1) is 10.7 Å². The number of nitro benzene ring substituents is 1. The monoisotopic (exact) mass is 391 g/mol. The van der Waals surface area contributed by atoms with Gasteiger partial charge in [0.15, 0.2) is 5.82 Å². The van der Waals surface area contributed by atoms with Crippen molar-refractivity contribution < 1.29 is 13.3 Å². The van der Waals surface area contributed by atoms with Gasteiger partial charge in [-0.15, -0.1) is 0 Å². The van der Waals surface area contributed by atoms with Gasteiger partial charge in [0.2, 0.25) is 10.0 Å². The number of non-ortho nitro benzene ring substituents is 1. The maximum atomic E-state index is 12.0. The number of sulfonamides is 1. The van der Waals surface area contributed by atoms with Crippen molar-refractivity contribution in [3.8, 4) is 11.4 Å². The van der Waals surface area contributed by atoms with Crippen LogP contribution in [0.1, 0.15) is 12.6 Å². The number of piperazine rings is 1. The van der Waals surface area contributed by atoms with Crippen molar-refractivity contribution in [1.29, 1.82) is 0 Å². The summed E-state index contributed by atoms with van der Waals surface area (Å²) < 4.78 is 25.5. The summed E-state index contributed by atoms with van der Waals surface area (Å²) in [5.41, 5.74) is 1.48. The summed E-state index contributed by atoms with van der Waals surface area (Å²) in [5.74, 6) is 1.32. The average Bonchev–Trinajstić information content (AvgIpc) is 2.67. The predicted octanol–water partition coefficient (Wildman–Crippen LogP) is 1.83. The van der Waals surface area contributed by atoms with Crippen LogP contribution in [0.4, 0.5) is 11.5 Å². The number of aryl methyl sites for hydroxylation is 1. The van der Waals surface area contributed by atoms with Gasteiger partial charge < -0.3 is 4.90 Å². The van der Waals surface area contributed by atoms with Crippen LogP contribution >= 0.6 is 0 Å². The number of hydrogen-bond donors (Lipinski definition) is 0. The summed E-state index contributed by atoms with van der Waals surface area (Å²) >= 11 is 0. The molecule has 1 aromatic carbocycles. The minimum Gasteiger partial charge on any atom is -0.354 e. The van der Waals surface area contributed by atoms with Gasteiger partial charge in [0.25, 0.3) is 5.69 Å². The number of nitro groups is 1. The highest BCUT2D eigenvalue weighted by atomic mass is 32.2. The Morgan fingerprint density at radius 2 is 1.74 bits per heavy atom. The molecule has 0 radical (unpaired) electrons. The lowest BCUT2D eigenvalue weighted by Crippen LogP contribution is -2.49. The molecule has 0 N–H and O–H groups in total. The molecule has 0 saturated carbocycles. The molecule has 1 saturated heterocycles. The van der Waals surface area contributed by atoms with E-state index in [2.05, 4.69) is 9.97 Å². The van der Waals surface area contributed by atoms with Gasteiger partial charge in [-0.25, -0.2) is 18.4 Å². The van der Waals surface area contributed by atoms with Crippen molar-refractivity contribution in [2.45, 2.75) is 13.8 Å².